The minimum Gasteiger partial charge on any atom is -0.497 e. The standard InChI is InChI=1S/C23H23FN4OS/c1-16(23-25-11-12-30-23)27(2)14-17-15-28(18-7-5-4-6-8-18)26-22(17)20-10-9-19(29-3)13-21(20)24/h4-13,15-16H,14H2,1-3H3/t16-/m0/s1. The first kappa shape index (κ1) is 20.3. The van der Waals surface area contributed by atoms with Crippen LogP contribution in [0.15, 0.2) is 66.3 Å². The molecule has 0 aliphatic rings. The van der Waals surface area contributed by atoms with Crippen LogP contribution < -0.4 is 4.74 Å². The van der Waals surface area contributed by atoms with Crippen molar-refractivity contribution in [3.63, 3.8) is 0 Å². The molecular formula is C23H23FN4OS. The minimum atomic E-state index is -0.357. The molecule has 4 rings (SSSR count). The molecule has 2 aromatic heterocycles. The van der Waals surface area contributed by atoms with Crippen molar-refractivity contribution in [2.24, 2.45) is 0 Å². The number of para-hydroxylation sites is 1. The average molecular weight is 423 g/mol. The number of rotatable bonds is 7. The highest BCUT2D eigenvalue weighted by Gasteiger charge is 2.21. The summed E-state index contributed by atoms with van der Waals surface area (Å²) in [6.45, 7) is 2.72. The van der Waals surface area contributed by atoms with Gasteiger partial charge in [0.15, 0.2) is 0 Å². The minimum absolute atomic E-state index is 0.138. The van der Waals surface area contributed by atoms with Crippen LogP contribution in [0.2, 0.25) is 0 Å². The monoisotopic (exact) mass is 422 g/mol. The van der Waals surface area contributed by atoms with Crippen LogP contribution in [-0.4, -0.2) is 33.8 Å². The number of aromatic nitrogens is 3. The molecule has 7 heteroatoms. The lowest BCUT2D eigenvalue weighted by Crippen LogP contribution is -2.22. The molecule has 0 N–H and O–H groups in total. The molecule has 154 valence electrons. The molecule has 0 spiro atoms. The Bertz CT molecular complexity index is 1110. The van der Waals surface area contributed by atoms with Gasteiger partial charge in [-0.3, -0.25) is 4.90 Å². The van der Waals surface area contributed by atoms with Crippen molar-refractivity contribution in [1.29, 1.82) is 0 Å². The first-order valence-electron chi connectivity index (χ1n) is 9.64. The predicted octanol–water partition coefficient (Wildman–Crippen LogP) is 5.34. The Labute approximate surface area is 179 Å². The summed E-state index contributed by atoms with van der Waals surface area (Å²) in [6.07, 6.45) is 3.79. The van der Waals surface area contributed by atoms with Gasteiger partial charge in [0, 0.05) is 41.5 Å². The summed E-state index contributed by atoms with van der Waals surface area (Å²) >= 11 is 1.63. The first-order valence-corrected chi connectivity index (χ1v) is 10.5. The normalized spacial score (nSPS) is 12.3. The van der Waals surface area contributed by atoms with Gasteiger partial charge in [0.1, 0.15) is 22.3 Å². The maximum absolute atomic E-state index is 14.9. The van der Waals surface area contributed by atoms with Gasteiger partial charge in [-0.05, 0) is 38.2 Å². The van der Waals surface area contributed by atoms with Gasteiger partial charge in [-0.15, -0.1) is 11.3 Å². The largest absolute Gasteiger partial charge is 0.497 e. The molecule has 4 aromatic rings. The van der Waals surface area contributed by atoms with Crippen molar-refractivity contribution in [3.8, 4) is 22.7 Å². The maximum atomic E-state index is 14.9. The molecule has 0 radical (unpaired) electrons. The van der Waals surface area contributed by atoms with Gasteiger partial charge in [0.2, 0.25) is 0 Å². The van der Waals surface area contributed by atoms with E-state index in [1.807, 2.05) is 55.2 Å². The van der Waals surface area contributed by atoms with E-state index < -0.39 is 0 Å². The third-order valence-corrected chi connectivity index (χ3v) is 6.08. The summed E-state index contributed by atoms with van der Waals surface area (Å²) in [5.41, 5.74) is 2.94. The molecule has 0 saturated carbocycles. The Hall–Kier alpha value is -3.03. The van der Waals surface area contributed by atoms with E-state index in [1.165, 1.54) is 13.2 Å². The Morgan fingerprint density at radius 3 is 2.67 bits per heavy atom. The molecule has 1 atom stereocenters. The van der Waals surface area contributed by atoms with E-state index >= 15 is 0 Å². The van der Waals surface area contributed by atoms with Crippen LogP contribution in [0.5, 0.6) is 5.75 Å². The molecule has 2 aromatic carbocycles. The third kappa shape index (κ3) is 4.13. The zero-order chi connectivity index (χ0) is 21.1. The van der Waals surface area contributed by atoms with E-state index in [4.69, 9.17) is 9.84 Å². The Morgan fingerprint density at radius 2 is 2.00 bits per heavy atom. The second-order valence-electron chi connectivity index (χ2n) is 7.09. The molecule has 0 fully saturated rings. The van der Waals surface area contributed by atoms with Gasteiger partial charge in [-0.1, -0.05) is 18.2 Å². The van der Waals surface area contributed by atoms with Gasteiger partial charge in [0.05, 0.1) is 18.8 Å². The zero-order valence-corrected chi connectivity index (χ0v) is 17.9. The Kier molecular flexibility index (Phi) is 5.92. The number of thiazole rings is 1. The van der Waals surface area contributed by atoms with Crippen LogP contribution >= 0.6 is 11.3 Å². The van der Waals surface area contributed by atoms with E-state index in [1.54, 1.807) is 28.2 Å². The summed E-state index contributed by atoms with van der Waals surface area (Å²) in [5.74, 6) is 0.124. The highest BCUT2D eigenvalue weighted by molar-refractivity contribution is 7.09. The Morgan fingerprint density at radius 1 is 1.20 bits per heavy atom. The average Bonchev–Trinajstić information content (AvgIpc) is 3.44. The molecule has 0 aliphatic heterocycles. The van der Waals surface area contributed by atoms with E-state index in [9.17, 15) is 4.39 Å². The maximum Gasteiger partial charge on any atom is 0.136 e. The molecule has 0 bridgehead atoms. The van der Waals surface area contributed by atoms with E-state index in [0.717, 1.165) is 16.3 Å². The Balaban J connectivity index is 1.73. The summed E-state index contributed by atoms with van der Waals surface area (Å²) in [7, 11) is 3.57. The molecule has 2 heterocycles. The molecule has 0 amide bonds. The van der Waals surface area contributed by atoms with E-state index in [2.05, 4.69) is 16.8 Å². The lowest BCUT2D eigenvalue weighted by molar-refractivity contribution is 0.253. The summed E-state index contributed by atoms with van der Waals surface area (Å²) in [5, 5.41) is 7.76. The molecule has 0 saturated heterocycles. The van der Waals surface area contributed by atoms with Crippen LogP contribution in [0, 0.1) is 5.82 Å². The van der Waals surface area contributed by atoms with Crippen molar-refractivity contribution in [2.75, 3.05) is 14.2 Å². The highest BCUT2D eigenvalue weighted by Crippen LogP contribution is 2.31. The number of halogens is 1. The molecule has 30 heavy (non-hydrogen) atoms. The highest BCUT2D eigenvalue weighted by atomic mass is 32.1. The fourth-order valence-corrected chi connectivity index (χ4v) is 4.07. The van der Waals surface area contributed by atoms with Crippen LogP contribution in [-0.2, 0) is 6.54 Å². The zero-order valence-electron chi connectivity index (χ0n) is 17.1. The quantitative estimate of drug-likeness (QED) is 0.403. The van der Waals surface area contributed by atoms with Crippen molar-refractivity contribution < 1.29 is 9.13 Å². The van der Waals surface area contributed by atoms with Crippen LogP contribution in [0.3, 0.4) is 0 Å². The van der Waals surface area contributed by atoms with Crippen LogP contribution in [0.4, 0.5) is 4.39 Å². The molecule has 0 aliphatic carbocycles. The van der Waals surface area contributed by atoms with Crippen molar-refractivity contribution in [2.45, 2.75) is 19.5 Å². The van der Waals surface area contributed by atoms with E-state index in [-0.39, 0.29) is 11.9 Å². The SMILES string of the molecule is COc1ccc(-c2nn(-c3ccccc3)cc2CN(C)[C@@H](C)c2nccs2)c(F)c1. The smallest absolute Gasteiger partial charge is 0.136 e. The van der Waals surface area contributed by atoms with Crippen molar-refractivity contribution >= 4 is 11.3 Å². The molecular weight excluding hydrogens is 399 g/mol. The number of hydrogen-bond acceptors (Lipinski definition) is 5. The van der Waals surface area contributed by atoms with Crippen molar-refractivity contribution in [1.82, 2.24) is 19.7 Å². The lowest BCUT2D eigenvalue weighted by atomic mass is 10.1. The number of nitrogens with zero attached hydrogens (tertiary/aromatic N) is 4. The lowest BCUT2D eigenvalue weighted by Gasteiger charge is -2.22. The second kappa shape index (κ2) is 8.77. The van der Waals surface area contributed by atoms with Crippen LogP contribution in [0.1, 0.15) is 23.5 Å². The van der Waals surface area contributed by atoms with Gasteiger partial charge in [0.25, 0.3) is 0 Å². The van der Waals surface area contributed by atoms with Gasteiger partial charge in [-0.2, -0.15) is 5.10 Å². The summed E-state index contributed by atoms with van der Waals surface area (Å²) in [6, 6.07) is 14.8. The van der Waals surface area contributed by atoms with Crippen LogP contribution in [0.25, 0.3) is 16.9 Å². The topological polar surface area (TPSA) is 43.2 Å². The first-order chi connectivity index (χ1) is 14.6. The van der Waals surface area contributed by atoms with Gasteiger partial charge in [-0.25, -0.2) is 14.1 Å². The number of benzene rings is 2. The number of hydrogen-bond donors (Lipinski definition) is 0. The summed E-state index contributed by atoms with van der Waals surface area (Å²) < 4.78 is 21.8. The fraction of sp³-hybridized carbons (Fsp3) is 0.217. The molecule has 0 unspecified atom stereocenters. The fourth-order valence-electron chi connectivity index (χ4n) is 3.31. The second-order valence-corrected chi connectivity index (χ2v) is 8.02. The van der Waals surface area contributed by atoms with Gasteiger partial charge < -0.3 is 4.74 Å². The molecule has 5 nitrogen and oxygen atoms in total. The number of ether oxygens (including phenoxy) is 1. The van der Waals surface area contributed by atoms with Gasteiger partial charge >= 0.3 is 0 Å². The van der Waals surface area contributed by atoms with E-state index in [0.29, 0.717) is 23.6 Å². The number of methoxy groups -OCH3 is 1. The van der Waals surface area contributed by atoms with Crippen molar-refractivity contribution in [3.05, 3.63) is 82.7 Å². The third-order valence-electron chi connectivity index (χ3n) is 5.13. The summed E-state index contributed by atoms with van der Waals surface area (Å²) in [4.78, 5) is 6.62. The predicted molar refractivity (Wildman–Crippen MR) is 118 cm³/mol.